The van der Waals surface area contributed by atoms with Crippen molar-refractivity contribution >= 4 is 23.6 Å². The third kappa shape index (κ3) is 5.93. The molecule has 1 aliphatic rings. The molecule has 0 radical (unpaired) electrons. The van der Waals surface area contributed by atoms with E-state index in [0.717, 1.165) is 28.8 Å². The molecule has 0 atom stereocenters. The van der Waals surface area contributed by atoms with Crippen LogP contribution in [-0.2, 0) is 15.8 Å². The van der Waals surface area contributed by atoms with Crippen molar-refractivity contribution in [3.05, 3.63) is 29.8 Å². The Hall–Kier alpha value is -1.74. The standard InChI is InChI=1S/C16H20F3N3O2S/c1-20-14(23)10-21-5-7-22(8-6-21)15(24)11-25-13-4-2-3-12(9-13)16(17,18)19/h2-4,9H,5-8,10-11H2,1H3,(H,20,23)/p+1. The summed E-state index contributed by atoms with van der Waals surface area (Å²) in [6.45, 7) is 2.86. The zero-order valence-electron chi connectivity index (χ0n) is 13.9. The number of thioether (sulfide) groups is 1. The van der Waals surface area contributed by atoms with Crippen molar-refractivity contribution < 1.29 is 27.7 Å². The van der Waals surface area contributed by atoms with E-state index in [0.29, 0.717) is 37.6 Å². The van der Waals surface area contributed by atoms with Gasteiger partial charge in [-0.2, -0.15) is 13.2 Å². The number of benzene rings is 1. The second-order valence-electron chi connectivity index (χ2n) is 5.80. The Bertz CT molecular complexity index is 617. The van der Waals surface area contributed by atoms with Gasteiger partial charge in [0.05, 0.1) is 37.5 Å². The Kier molecular flexibility index (Phi) is 6.71. The van der Waals surface area contributed by atoms with Gasteiger partial charge < -0.3 is 15.1 Å². The molecule has 2 amide bonds. The number of amides is 2. The number of nitrogens with one attached hydrogen (secondary N) is 2. The largest absolute Gasteiger partial charge is 0.416 e. The maximum Gasteiger partial charge on any atom is 0.416 e. The third-order valence-electron chi connectivity index (χ3n) is 4.04. The minimum absolute atomic E-state index is 0.0325. The van der Waals surface area contributed by atoms with Crippen molar-refractivity contribution in [2.45, 2.75) is 11.1 Å². The van der Waals surface area contributed by atoms with E-state index in [1.165, 1.54) is 6.07 Å². The summed E-state index contributed by atoms with van der Waals surface area (Å²) in [6, 6.07) is 4.99. The molecule has 0 aliphatic carbocycles. The number of halogens is 3. The highest BCUT2D eigenvalue weighted by Crippen LogP contribution is 2.31. The van der Waals surface area contributed by atoms with Crippen molar-refractivity contribution in [3.8, 4) is 0 Å². The van der Waals surface area contributed by atoms with Crippen LogP contribution in [0.2, 0.25) is 0 Å². The Morgan fingerprint density at radius 2 is 1.96 bits per heavy atom. The van der Waals surface area contributed by atoms with Crippen LogP contribution < -0.4 is 10.2 Å². The van der Waals surface area contributed by atoms with Crippen LogP contribution in [0.25, 0.3) is 0 Å². The van der Waals surface area contributed by atoms with Crippen LogP contribution >= 0.6 is 11.8 Å². The second-order valence-corrected chi connectivity index (χ2v) is 6.84. The molecule has 1 aromatic carbocycles. The normalized spacial score (nSPS) is 15.9. The lowest BCUT2D eigenvalue weighted by molar-refractivity contribution is -0.896. The fourth-order valence-electron chi connectivity index (χ4n) is 2.56. The van der Waals surface area contributed by atoms with Gasteiger partial charge in [0.1, 0.15) is 0 Å². The molecule has 138 valence electrons. The predicted octanol–water partition coefficient (Wildman–Crippen LogP) is 0.271. The average molecular weight is 376 g/mol. The molecule has 2 rings (SSSR count). The first-order valence-corrected chi connectivity index (χ1v) is 8.90. The summed E-state index contributed by atoms with van der Waals surface area (Å²) in [5.41, 5.74) is -0.712. The monoisotopic (exact) mass is 376 g/mol. The van der Waals surface area contributed by atoms with E-state index in [9.17, 15) is 22.8 Å². The molecule has 0 saturated carbocycles. The van der Waals surface area contributed by atoms with E-state index in [1.807, 2.05) is 0 Å². The number of alkyl halides is 3. The van der Waals surface area contributed by atoms with Crippen LogP contribution in [0.1, 0.15) is 5.56 Å². The number of carbonyl (C=O) groups excluding carboxylic acids is 2. The lowest BCUT2D eigenvalue weighted by Crippen LogP contribution is -3.15. The Balaban J connectivity index is 1.81. The molecule has 1 fully saturated rings. The lowest BCUT2D eigenvalue weighted by Gasteiger charge is -2.31. The first kappa shape index (κ1) is 19.6. The van der Waals surface area contributed by atoms with E-state index < -0.39 is 11.7 Å². The van der Waals surface area contributed by atoms with Crippen LogP contribution in [0.5, 0.6) is 0 Å². The minimum Gasteiger partial charge on any atom is -0.354 e. The van der Waals surface area contributed by atoms with Crippen LogP contribution in [0.3, 0.4) is 0 Å². The summed E-state index contributed by atoms with van der Waals surface area (Å²) in [5, 5.41) is 2.58. The quantitative estimate of drug-likeness (QED) is 0.726. The van der Waals surface area contributed by atoms with Gasteiger partial charge in [0.25, 0.3) is 5.91 Å². The van der Waals surface area contributed by atoms with Crippen LogP contribution in [0.4, 0.5) is 13.2 Å². The summed E-state index contributed by atoms with van der Waals surface area (Å²) in [6.07, 6.45) is -4.38. The highest BCUT2D eigenvalue weighted by molar-refractivity contribution is 8.00. The Labute approximate surface area is 148 Å². The third-order valence-corrected chi connectivity index (χ3v) is 5.01. The van der Waals surface area contributed by atoms with E-state index in [1.54, 1.807) is 18.0 Å². The van der Waals surface area contributed by atoms with Crippen LogP contribution in [-0.4, -0.2) is 62.2 Å². The van der Waals surface area contributed by atoms with Gasteiger partial charge in [-0.15, -0.1) is 11.8 Å². The Morgan fingerprint density at radius 1 is 1.28 bits per heavy atom. The number of hydrogen-bond donors (Lipinski definition) is 2. The molecule has 2 N–H and O–H groups in total. The van der Waals surface area contributed by atoms with Crippen LogP contribution in [0, 0.1) is 0 Å². The molecule has 0 aromatic heterocycles. The number of rotatable bonds is 5. The number of likely N-dealkylation sites (N-methyl/N-ethyl adjacent to an activating group) is 1. The SMILES string of the molecule is CNC(=O)C[NH+]1CCN(C(=O)CSc2cccc(C(F)(F)F)c2)CC1. The number of quaternary nitrogens is 1. The highest BCUT2D eigenvalue weighted by atomic mass is 32.2. The van der Waals surface area contributed by atoms with Gasteiger partial charge in [-0.05, 0) is 18.2 Å². The molecule has 1 aliphatic heterocycles. The topological polar surface area (TPSA) is 53.9 Å². The number of piperazine rings is 1. The predicted molar refractivity (Wildman–Crippen MR) is 88.4 cm³/mol. The average Bonchev–Trinajstić information content (AvgIpc) is 2.59. The molecule has 25 heavy (non-hydrogen) atoms. The van der Waals surface area contributed by atoms with Gasteiger partial charge in [-0.1, -0.05) is 6.07 Å². The zero-order chi connectivity index (χ0) is 18.4. The van der Waals surface area contributed by atoms with Gasteiger partial charge in [0, 0.05) is 11.9 Å². The molecule has 1 heterocycles. The molecule has 5 nitrogen and oxygen atoms in total. The first-order valence-electron chi connectivity index (χ1n) is 7.91. The van der Waals surface area contributed by atoms with Crippen molar-refractivity contribution in [2.75, 3.05) is 45.5 Å². The number of hydrogen-bond acceptors (Lipinski definition) is 3. The fourth-order valence-corrected chi connectivity index (χ4v) is 3.42. The van der Waals surface area contributed by atoms with Gasteiger partial charge >= 0.3 is 6.18 Å². The van der Waals surface area contributed by atoms with E-state index >= 15 is 0 Å². The second kappa shape index (κ2) is 8.57. The maximum atomic E-state index is 12.7. The van der Waals surface area contributed by atoms with E-state index in [4.69, 9.17) is 0 Å². The van der Waals surface area contributed by atoms with Gasteiger partial charge in [-0.3, -0.25) is 9.59 Å². The summed E-state index contributed by atoms with van der Waals surface area (Å²) >= 11 is 1.11. The highest BCUT2D eigenvalue weighted by Gasteiger charge is 2.30. The molecule has 1 aromatic rings. The molecule has 9 heteroatoms. The summed E-state index contributed by atoms with van der Waals surface area (Å²) in [4.78, 5) is 26.8. The Morgan fingerprint density at radius 3 is 2.56 bits per heavy atom. The minimum atomic E-state index is -4.38. The van der Waals surface area contributed by atoms with Crippen molar-refractivity contribution in [2.24, 2.45) is 0 Å². The summed E-state index contributed by atoms with van der Waals surface area (Å²) in [7, 11) is 1.59. The van der Waals surface area contributed by atoms with E-state index in [-0.39, 0.29) is 17.6 Å². The zero-order valence-corrected chi connectivity index (χ0v) is 14.7. The number of nitrogens with zero attached hydrogens (tertiary/aromatic N) is 1. The fraction of sp³-hybridized carbons (Fsp3) is 0.500. The molecule has 0 unspecified atom stereocenters. The molecule has 0 spiro atoms. The lowest BCUT2D eigenvalue weighted by atomic mass is 10.2. The molecular formula is C16H21F3N3O2S+. The molecular weight excluding hydrogens is 355 g/mol. The van der Waals surface area contributed by atoms with Crippen molar-refractivity contribution in [1.29, 1.82) is 0 Å². The van der Waals surface area contributed by atoms with Crippen LogP contribution in [0.15, 0.2) is 29.2 Å². The molecule has 1 saturated heterocycles. The van der Waals surface area contributed by atoms with E-state index in [2.05, 4.69) is 5.32 Å². The summed E-state index contributed by atoms with van der Waals surface area (Å²) < 4.78 is 38.1. The van der Waals surface area contributed by atoms with Crippen molar-refractivity contribution in [1.82, 2.24) is 10.2 Å². The summed E-state index contributed by atoms with van der Waals surface area (Å²) in [5.74, 6) is -0.0252. The maximum absolute atomic E-state index is 12.7. The van der Waals surface area contributed by atoms with Crippen molar-refractivity contribution in [3.63, 3.8) is 0 Å². The first-order chi connectivity index (χ1) is 11.8. The van der Waals surface area contributed by atoms with Gasteiger partial charge in [0.2, 0.25) is 5.91 Å². The van der Waals surface area contributed by atoms with Gasteiger partial charge in [-0.25, -0.2) is 0 Å². The molecule has 0 bridgehead atoms. The number of carbonyl (C=O) groups is 2. The van der Waals surface area contributed by atoms with Gasteiger partial charge in [0.15, 0.2) is 6.54 Å². The smallest absolute Gasteiger partial charge is 0.354 e.